The fourth-order valence-corrected chi connectivity index (χ4v) is 3.63. The Bertz CT molecular complexity index is 448. The number of fused-ring (bicyclic) bond motifs is 1. The third kappa shape index (κ3) is 3.82. The third-order valence-electron chi connectivity index (χ3n) is 4.78. The normalized spacial score (nSPS) is 36.4. The smallest absolute Gasteiger partial charge is 0.195 e. The highest BCUT2D eigenvalue weighted by Crippen LogP contribution is 2.40. The van der Waals surface area contributed by atoms with Gasteiger partial charge in [-0.1, -0.05) is 25.9 Å². The van der Waals surface area contributed by atoms with Crippen molar-refractivity contribution >= 4 is 8.32 Å². The van der Waals surface area contributed by atoms with E-state index in [-0.39, 0.29) is 35.9 Å². The van der Waals surface area contributed by atoms with Crippen LogP contribution in [0.15, 0.2) is 5.11 Å². The second-order valence-corrected chi connectivity index (χ2v) is 12.2. The third-order valence-corrected chi connectivity index (χ3v) is 9.25. The van der Waals surface area contributed by atoms with E-state index in [0.717, 1.165) is 0 Å². The maximum absolute atomic E-state index is 8.82. The van der Waals surface area contributed by atoms with E-state index in [0.29, 0.717) is 13.0 Å². The van der Waals surface area contributed by atoms with Crippen LogP contribution in [-0.4, -0.2) is 45.8 Å². The molecule has 0 N–H and O–H groups in total. The standard InChI is InChI=1S/C14H27N3O4Si/c1-9-18-8-11-13(19-9)10(16-17-15)7-12(20-11)21-22(5,6)14(2,3)4/h9-13H,7-8H2,1-6H3/t9-,10+,11-,12+,13+/m1/s1. The molecule has 0 unspecified atom stereocenters. The van der Waals surface area contributed by atoms with Gasteiger partial charge < -0.3 is 18.6 Å². The molecule has 0 radical (unpaired) electrons. The lowest BCUT2D eigenvalue weighted by Gasteiger charge is -2.47. The Hall–Kier alpha value is -0.633. The number of nitrogens with zero attached hydrogens (tertiary/aromatic N) is 3. The van der Waals surface area contributed by atoms with Crippen molar-refractivity contribution < 1.29 is 18.6 Å². The molecular weight excluding hydrogens is 302 g/mol. The number of hydrogen-bond acceptors (Lipinski definition) is 5. The van der Waals surface area contributed by atoms with Gasteiger partial charge >= 0.3 is 0 Å². The molecule has 0 aliphatic carbocycles. The van der Waals surface area contributed by atoms with Crippen molar-refractivity contribution in [1.82, 2.24) is 0 Å². The van der Waals surface area contributed by atoms with E-state index < -0.39 is 8.32 Å². The first-order valence-electron chi connectivity index (χ1n) is 7.78. The molecule has 0 spiro atoms. The summed E-state index contributed by atoms with van der Waals surface area (Å²) in [5.41, 5.74) is 8.82. The fourth-order valence-electron chi connectivity index (χ4n) is 2.47. The van der Waals surface area contributed by atoms with Crippen LogP contribution in [0.5, 0.6) is 0 Å². The second kappa shape index (κ2) is 6.47. The second-order valence-electron chi connectivity index (χ2n) is 7.49. The maximum Gasteiger partial charge on any atom is 0.195 e. The summed E-state index contributed by atoms with van der Waals surface area (Å²) in [7, 11) is -1.96. The molecule has 7 nitrogen and oxygen atoms in total. The molecule has 126 valence electrons. The van der Waals surface area contributed by atoms with Gasteiger partial charge in [0, 0.05) is 11.3 Å². The lowest BCUT2D eigenvalue weighted by atomic mass is 9.99. The summed E-state index contributed by atoms with van der Waals surface area (Å²) >= 11 is 0. The molecular formula is C14H27N3O4Si. The summed E-state index contributed by atoms with van der Waals surface area (Å²) < 4.78 is 23.6. The highest BCUT2D eigenvalue weighted by atomic mass is 28.4. The Morgan fingerprint density at radius 1 is 1.27 bits per heavy atom. The fraction of sp³-hybridized carbons (Fsp3) is 1.00. The van der Waals surface area contributed by atoms with Crippen LogP contribution < -0.4 is 0 Å². The van der Waals surface area contributed by atoms with Crippen molar-refractivity contribution in [3.63, 3.8) is 0 Å². The van der Waals surface area contributed by atoms with Gasteiger partial charge in [0.25, 0.3) is 0 Å². The van der Waals surface area contributed by atoms with Crippen LogP contribution in [0, 0.1) is 0 Å². The summed E-state index contributed by atoms with van der Waals surface area (Å²) in [6.07, 6.45) is -0.684. The lowest BCUT2D eigenvalue weighted by Crippen LogP contribution is -2.57. The Morgan fingerprint density at radius 2 is 1.95 bits per heavy atom. The van der Waals surface area contributed by atoms with Crippen molar-refractivity contribution in [3.05, 3.63) is 10.4 Å². The molecule has 0 aromatic carbocycles. The number of ether oxygens (including phenoxy) is 3. The quantitative estimate of drug-likeness (QED) is 0.343. The summed E-state index contributed by atoms with van der Waals surface area (Å²) in [6, 6.07) is -0.287. The molecule has 2 heterocycles. The van der Waals surface area contributed by atoms with Gasteiger partial charge in [-0.3, -0.25) is 0 Å². The lowest BCUT2D eigenvalue weighted by molar-refractivity contribution is -0.303. The molecule has 0 bridgehead atoms. The Kier molecular flexibility index (Phi) is 5.21. The van der Waals surface area contributed by atoms with Gasteiger partial charge in [-0.25, -0.2) is 0 Å². The van der Waals surface area contributed by atoms with Gasteiger partial charge in [-0.2, -0.15) is 0 Å². The van der Waals surface area contributed by atoms with Gasteiger partial charge in [0.05, 0.1) is 18.8 Å². The largest absolute Gasteiger partial charge is 0.392 e. The first kappa shape index (κ1) is 17.7. The summed E-state index contributed by atoms with van der Waals surface area (Å²) in [5, 5.41) is 3.99. The van der Waals surface area contributed by atoms with Crippen LogP contribution in [0.25, 0.3) is 10.4 Å². The van der Waals surface area contributed by atoms with Gasteiger partial charge in [0.1, 0.15) is 12.4 Å². The molecule has 22 heavy (non-hydrogen) atoms. The van der Waals surface area contributed by atoms with Crippen molar-refractivity contribution in [2.24, 2.45) is 5.11 Å². The molecule has 8 heteroatoms. The molecule has 2 aliphatic heterocycles. The van der Waals surface area contributed by atoms with E-state index in [9.17, 15) is 0 Å². The predicted molar refractivity (Wildman–Crippen MR) is 84.8 cm³/mol. The average Bonchev–Trinajstić information content (AvgIpc) is 2.38. The molecule has 2 rings (SSSR count). The molecule has 0 aromatic heterocycles. The number of azide groups is 1. The molecule has 5 atom stereocenters. The van der Waals surface area contributed by atoms with Crippen LogP contribution in [0.2, 0.25) is 18.1 Å². The van der Waals surface area contributed by atoms with Crippen molar-refractivity contribution in [1.29, 1.82) is 0 Å². The van der Waals surface area contributed by atoms with Crippen LogP contribution in [0.4, 0.5) is 0 Å². The molecule has 0 amide bonds. The van der Waals surface area contributed by atoms with Crippen LogP contribution in [0.3, 0.4) is 0 Å². The molecule has 2 fully saturated rings. The monoisotopic (exact) mass is 329 g/mol. The van der Waals surface area contributed by atoms with E-state index in [4.69, 9.17) is 24.2 Å². The first-order valence-corrected chi connectivity index (χ1v) is 10.7. The Balaban J connectivity index is 2.11. The van der Waals surface area contributed by atoms with E-state index in [2.05, 4.69) is 43.9 Å². The highest BCUT2D eigenvalue weighted by molar-refractivity contribution is 6.74. The number of rotatable bonds is 3. The summed E-state index contributed by atoms with van der Waals surface area (Å²) in [4.78, 5) is 2.96. The van der Waals surface area contributed by atoms with Crippen molar-refractivity contribution in [2.45, 2.75) is 83.1 Å². The van der Waals surface area contributed by atoms with Crippen molar-refractivity contribution in [3.8, 4) is 0 Å². The van der Waals surface area contributed by atoms with Crippen LogP contribution in [0.1, 0.15) is 34.1 Å². The summed E-state index contributed by atoms with van der Waals surface area (Å²) in [6.45, 7) is 13.2. The van der Waals surface area contributed by atoms with Gasteiger partial charge in [0.2, 0.25) is 0 Å². The molecule has 2 aliphatic rings. The van der Waals surface area contributed by atoms with Gasteiger partial charge in [-0.05, 0) is 30.6 Å². The van der Waals surface area contributed by atoms with E-state index >= 15 is 0 Å². The van der Waals surface area contributed by atoms with Crippen LogP contribution in [-0.2, 0) is 18.6 Å². The predicted octanol–water partition coefficient (Wildman–Crippen LogP) is 3.56. The zero-order valence-corrected chi connectivity index (χ0v) is 15.3. The van der Waals surface area contributed by atoms with E-state index in [1.807, 2.05) is 6.92 Å². The highest BCUT2D eigenvalue weighted by Gasteiger charge is 2.46. The Labute approximate surface area is 133 Å². The SMILES string of the molecule is C[C@@H]1OC[C@H]2O[C@@H](O[Si](C)(C)C(C)(C)C)C[C@H](N=[N+]=[N-])[C@@H]2O1. The number of hydrogen-bond donors (Lipinski definition) is 0. The van der Waals surface area contributed by atoms with Gasteiger partial charge in [0.15, 0.2) is 14.6 Å². The molecule has 0 aromatic rings. The zero-order chi connectivity index (χ0) is 16.5. The maximum atomic E-state index is 8.82. The minimum Gasteiger partial charge on any atom is -0.392 e. The zero-order valence-electron chi connectivity index (χ0n) is 14.3. The summed E-state index contributed by atoms with van der Waals surface area (Å²) in [5.74, 6) is 0. The topological polar surface area (TPSA) is 85.7 Å². The van der Waals surface area contributed by atoms with E-state index in [1.54, 1.807) is 0 Å². The molecule has 2 saturated heterocycles. The van der Waals surface area contributed by atoms with Crippen LogP contribution >= 0.6 is 0 Å². The van der Waals surface area contributed by atoms with E-state index in [1.165, 1.54) is 0 Å². The minimum atomic E-state index is -1.96. The molecule has 0 saturated carbocycles. The average molecular weight is 329 g/mol. The Morgan fingerprint density at radius 3 is 2.55 bits per heavy atom. The first-order chi connectivity index (χ1) is 10.1. The van der Waals surface area contributed by atoms with Gasteiger partial charge in [-0.15, -0.1) is 0 Å². The van der Waals surface area contributed by atoms with Crippen molar-refractivity contribution in [2.75, 3.05) is 6.61 Å². The minimum absolute atomic E-state index is 0.0925.